The molecule has 2 fully saturated rings. The Morgan fingerprint density at radius 3 is 2.45 bits per heavy atom. The van der Waals surface area contributed by atoms with Crippen LogP contribution in [0.3, 0.4) is 0 Å². The molecule has 126 valence electrons. The Kier molecular flexibility index (Phi) is 5.66. The highest BCUT2D eigenvalue weighted by atomic mass is 32.2. The number of likely N-dealkylation sites (tertiary alicyclic amines) is 1. The van der Waals surface area contributed by atoms with Gasteiger partial charge in [0.1, 0.15) is 0 Å². The first-order valence-electron chi connectivity index (χ1n) is 7.81. The zero-order valence-electron chi connectivity index (χ0n) is 12.9. The second-order valence-corrected chi connectivity index (χ2v) is 8.20. The number of urea groups is 1. The van der Waals surface area contributed by atoms with Crippen LogP contribution >= 0.6 is 0 Å². The minimum Gasteiger partial charge on any atom is -0.466 e. The Morgan fingerprint density at radius 2 is 1.91 bits per heavy atom. The molecule has 0 aliphatic carbocycles. The topological polar surface area (TPSA) is 92.8 Å². The summed E-state index contributed by atoms with van der Waals surface area (Å²) in [6.07, 6.45) is 1.85. The summed E-state index contributed by atoms with van der Waals surface area (Å²) in [5.74, 6) is 0.102. The van der Waals surface area contributed by atoms with E-state index >= 15 is 0 Å². The maximum absolute atomic E-state index is 12.1. The highest BCUT2D eigenvalue weighted by molar-refractivity contribution is 7.91. The van der Waals surface area contributed by atoms with Crippen LogP contribution in [0.2, 0.25) is 0 Å². The van der Waals surface area contributed by atoms with Gasteiger partial charge in [-0.05, 0) is 32.1 Å². The number of piperidine rings is 1. The normalized spacial score (nSPS) is 25.0. The van der Waals surface area contributed by atoms with Crippen molar-refractivity contribution in [3.8, 4) is 0 Å². The van der Waals surface area contributed by atoms with Gasteiger partial charge in [-0.1, -0.05) is 0 Å². The lowest BCUT2D eigenvalue weighted by Crippen LogP contribution is -2.46. The summed E-state index contributed by atoms with van der Waals surface area (Å²) in [7, 11) is -2.91. The molecule has 2 aliphatic rings. The molecule has 2 aliphatic heterocycles. The Balaban J connectivity index is 1.70. The Bertz CT molecular complexity index is 511. The predicted molar refractivity (Wildman–Crippen MR) is 81.1 cm³/mol. The van der Waals surface area contributed by atoms with Crippen molar-refractivity contribution in [2.75, 3.05) is 37.7 Å². The van der Waals surface area contributed by atoms with E-state index in [4.69, 9.17) is 4.74 Å². The van der Waals surface area contributed by atoms with Crippen LogP contribution < -0.4 is 5.32 Å². The number of carbonyl (C=O) groups is 2. The van der Waals surface area contributed by atoms with E-state index in [-0.39, 0.29) is 35.3 Å². The van der Waals surface area contributed by atoms with Crippen LogP contribution in [-0.4, -0.2) is 63.1 Å². The highest BCUT2D eigenvalue weighted by Crippen LogP contribution is 2.20. The number of amides is 2. The number of esters is 1. The van der Waals surface area contributed by atoms with Gasteiger partial charge in [-0.25, -0.2) is 13.2 Å². The number of rotatable bonds is 4. The van der Waals surface area contributed by atoms with Crippen LogP contribution in [0.5, 0.6) is 0 Å². The summed E-state index contributed by atoms with van der Waals surface area (Å²) < 4.78 is 27.7. The average Bonchev–Trinajstić information content (AvgIpc) is 2.84. The zero-order chi connectivity index (χ0) is 16.2. The number of hydrogen-bond acceptors (Lipinski definition) is 5. The molecule has 0 aromatic rings. The Hall–Kier alpha value is -1.31. The van der Waals surface area contributed by atoms with Crippen LogP contribution in [0.4, 0.5) is 4.79 Å². The fourth-order valence-corrected chi connectivity index (χ4v) is 4.82. The molecule has 2 saturated heterocycles. The van der Waals surface area contributed by atoms with E-state index in [2.05, 4.69) is 5.32 Å². The first-order chi connectivity index (χ1) is 10.4. The van der Waals surface area contributed by atoms with Gasteiger partial charge in [0.15, 0.2) is 9.84 Å². The van der Waals surface area contributed by atoms with Gasteiger partial charge >= 0.3 is 12.0 Å². The van der Waals surface area contributed by atoms with Crippen LogP contribution in [0, 0.1) is 11.8 Å². The maximum atomic E-state index is 12.1. The molecule has 0 bridgehead atoms. The monoisotopic (exact) mass is 332 g/mol. The van der Waals surface area contributed by atoms with Crippen molar-refractivity contribution < 1.29 is 22.7 Å². The van der Waals surface area contributed by atoms with Gasteiger partial charge in [-0.15, -0.1) is 0 Å². The highest BCUT2D eigenvalue weighted by Gasteiger charge is 2.30. The van der Waals surface area contributed by atoms with Crippen LogP contribution in [0.1, 0.15) is 26.2 Å². The molecule has 2 heterocycles. The van der Waals surface area contributed by atoms with Crippen molar-refractivity contribution in [2.45, 2.75) is 26.2 Å². The molecule has 1 atom stereocenters. The minimum absolute atomic E-state index is 0.0195. The molecule has 0 spiro atoms. The standard InChI is InChI=1S/C14H24N2O5S/c1-2-21-13(17)12-3-6-16(7-4-12)14(18)15-9-11-5-8-22(19,20)10-11/h11-12H,2-10H2,1H3,(H,15,18). The van der Waals surface area contributed by atoms with E-state index in [0.29, 0.717) is 45.5 Å². The summed E-state index contributed by atoms with van der Waals surface area (Å²) in [6, 6.07) is -0.174. The fourth-order valence-electron chi connectivity index (χ4n) is 2.95. The molecule has 0 aromatic carbocycles. The lowest BCUT2D eigenvalue weighted by Gasteiger charge is -2.31. The largest absolute Gasteiger partial charge is 0.466 e. The summed E-state index contributed by atoms with van der Waals surface area (Å²) in [4.78, 5) is 25.4. The lowest BCUT2D eigenvalue weighted by molar-refractivity contribution is -0.149. The maximum Gasteiger partial charge on any atom is 0.317 e. The summed E-state index contributed by atoms with van der Waals surface area (Å²) in [6.45, 7) is 3.61. The Labute approximate surface area is 131 Å². The van der Waals surface area contributed by atoms with Gasteiger partial charge in [0.2, 0.25) is 0 Å². The van der Waals surface area contributed by atoms with E-state index < -0.39 is 9.84 Å². The van der Waals surface area contributed by atoms with E-state index in [1.165, 1.54) is 0 Å². The second-order valence-electron chi connectivity index (χ2n) is 5.97. The van der Waals surface area contributed by atoms with Gasteiger partial charge in [0, 0.05) is 19.6 Å². The third kappa shape index (κ3) is 4.59. The average molecular weight is 332 g/mol. The van der Waals surface area contributed by atoms with E-state index in [9.17, 15) is 18.0 Å². The third-order valence-corrected chi connectivity index (χ3v) is 6.11. The molecule has 8 heteroatoms. The predicted octanol–water partition coefficient (Wildman–Crippen LogP) is 0.406. The zero-order valence-corrected chi connectivity index (χ0v) is 13.7. The third-order valence-electron chi connectivity index (χ3n) is 4.27. The molecule has 0 aromatic heterocycles. The van der Waals surface area contributed by atoms with Gasteiger partial charge < -0.3 is 15.0 Å². The molecular formula is C14H24N2O5S. The van der Waals surface area contributed by atoms with Gasteiger partial charge in [-0.3, -0.25) is 4.79 Å². The van der Waals surface area contributed by atoms with Crippen molar-refractivity contribution in [1.82, 2.24) is 10.2 Å². The first kappa shape index (κ1) is 17.1. The molecule has 22 heavy (non-hydrogen) atoms. The first-order valence-corrected chi connectivity index (χ1v) is 9.63. The number of hydrogen-bond donors (Lipinski definition) is 1. The smallest absolute Gasteiger partial charge is 0.317 e. The minimum atomic E-state index is -2.91. The summed E-state index contributed by atoms with van der Waals surface area (Å²) >= 11 is 0. The molecule has 2 rings (SSSR count). The van der Waals surface area contributed by atoms with E-state index in [1.54, 1.807) is 11.8 Å². The lowest BCUT2D eigenvalue weighted by atomic mass is 9.97. The molecule has 7 nitrogen and oxygen atoms in total. The molecule has 2 amide bonds. The van der Waals surface area contributed by atoms with E-state index in [1.807, 2.05) is 0 Å². The fraction of sp³-hybridized carbons (Fsp3) is 0.857. The van der Waals surface area contributed by atoms with Crippen molar-refractivity contribution in [1.29, 1.82) is 0 Å². The van der Waals surface area contributed by atoms with Crippen LogP contribution in [0.15, 0.2) is 0 Å². The van der Waals surface area contributed by atoms with Crippen molar-refractivity contribution in [2.24, 2.45) is 11.8 Å². The number of ether oxygens (including phenoxy) is 1. The molecule has 1 N–H and O–H groups in total. The van der Waals surface area contributed by atoms with Crippen molar-refractivity contribution in [3.05, 3.63) is 0 Å². The van der Waals surface area contributed by atoms with Gasteiger partial charge in [0.25, 0.3) is 0 Å². The number of carbonyl (C=O) groups excluding carboxylic acids is 2. The van der Waals surface area contributed by atoms with Crippen molar-refractivity contribution in [3.63, 3.8) is 0 Å². The SMILES string of the molecule is CCOC(=O)C1CCN(C(=O)NCC2CCS(=O)(=O)C2)CC1. The van der Waals surface area contributed by atoms with Gasteiger partial charge in [-0.2, -0.15) is 0 Å². The summed E-state index contributed by atoms with van der Waals surface area (Å²) in [5, 5.41) is 2.81. The van der Waals surface area contributed by atoms with Crippen LogP contribution in [-0.2, 0) is 19.4 Å². The number of nitrogens with zero attached hydrogens (tertiary/aromatic N) is 1. The van der Waals surface area contributed by atoms with Crippen LogP contribution in [0.25, 0.3) is 0 Å². The number of nitrogens with one attached hydrogen (secondary N) is 1. The molecular weight excluding hydrogens is 308 g/mol. The summed E-state index contributed by atoms with van der Waals surface area (Å²) in [5.41, 5.74) is 0. The quantitative estimate of drug-likeness (QED) is 0.753. The molecule has 0 saturated carbocycles. The van der Waals surface area contributed by atoms with Crippen molar-refractivity contribution >= 4 is 21.8 Å². The second kappa shape index (κ2) is 7.30. The number of sulfone groups is 1. The van der Waals surface area contributed by atoms with Gasteiger partial charge in [0.05, 0.1) is 24.0 Å². The Morgan fingerprint density at radius 1 is 1.23 bits per heavy atom. The van der Waals surface area contributed by atoms with E-state index in [0.717, 1.165) is 0 Å². The molecule has 0 radical (unpaired) electrons. The molecule has 1 unspecified atom stereocenters.